The predicted octanol–water partition coefficient (Wildman–Crippen LogP) is 2.98. The van der Waals surface area contributed by atoms with Gasteiger partial charge in [0.15, 0.2) is 5.78 Å². The number of aromatic nitrogens is 2. The molecule has 0 aliphatic carbocycles. The normalized spacial score (nSPS) is 11.8. The molecule has 0 atom stereocenters. The number of Topliss-reactive ketones (excluding diaryl/α,β-unsaturated/α-hetero) is 1. The van der Waals surface area contributed by atoms with Crippen molar-refractivity contribution in [3.63, 3.8) is 0 Å². The van der Waals surface area contributed by atoms with Gasteiger partial charge in [-0.15, -0.1) is 0 Å². The number of anilines is 1. The molecular weight excluding hydrogens is 214 g/mol. The summed E-state index contributed by atoms with van der Waals surface area (Å²) in [6.45, 7) is 7.77. The van der Waals surface area contributed by atoms with Crippen molar-refractivity contribution in [2.75, 3.05) is 5.32 Å². The van der Waals surface area contributed by atoms with Crippen LogP contribution in [0.5, 0.6) is 0 Å². The lowest BCUT2D eigenvalue weighted by Gasteiger charge is -2.19. The van der Waals surface area contributed by atoms with Gasteiger partial charge in [-0.05, 0) is 45.9 Å². The Kier molecular flexibility index (Phi) is 2.65. The Hall–Kier alpha value is -1.84. The molecule has 0 aliphatic rings. The molecule has 0 unspecified atom stereocenters. The minimum Gasteiger partial charge on any atom is -0.351 e. The van der Waals surface area contributed by atoms with Crippen molar-refractivity contribution in [1.29, 1.82) is 0 Å². The van der Waals surface area contributed by atoms with Gasteiger partial charge in [0.25, 0.3) is 0 Å². The number of ketones is 1. The summed E-state index contributed by atoms with van der Waals surface area (Å²) in [5.74, 6) is 0.792. The van der Waals surface area contributed by atoms with Crippen LogP contribution < -0.4 is 5.32 Å². The highest BCUT2D eigenvalue weighted by atomic mass is 16.1. The van der Waals surface area contributed by atoms with Crippen LogP contribution in [0.2, 0.25) is 0 Å². The fraction of sp³-hybridized carbons (Fsp3) is 0.385. The standard InChI is InChI=1S/C13H17N3O/c1-8(17)9-5-6-10-11(7-9)15-12(14-10)16-13(2,3)4/h5-7H,1-4H3,(H2,14,15,16). The Labute approximate surface area is 100 Å². The topological polar surface area (TPSA) is 57.8 Å². The van der Waals surface area contributed by atoms with Crippen molar-refractivity contribution in [1.82, 2.24) is 9.97 Å². The van der Waals surface area contributed by atoms with Gasteiger partial charge in [-0.1, -0.05) is 0 Å². The minimum absolute atomic E-state index is 0.0444. The second kappa shape index (κ2) is 3.87. The number of carbonyl (C=O) groups is 1. The van der Waals surface area contributed by atoms with Crippen molar-refractivity contribution in [2.24, 2.45) is 0 Å². The Balaban J connectivity index is 2.40. The molecule has 0 spiro atoms. The maximum atomic E-state index is 11.3. The lowest BCUT2D eigenvalue weighted by atomic mass is 10.1. The van der Waals surface area contributed by atoms with Crippen LogP contribution in [0.15, 0.2) is 18.2 Å². The van der Waals surface area contributed by atoms with Crippen molar-refractivity contribution < 1.29 is 4.79 Å². The molecule has 2 N–H and O–H groups in total. The molecule has 4 nitrogen and oxygen atoms in total. The predicted molar refractivity (Wildman–Crippen MR) is 69.5 cm³/mol. The Morgan fingerprint density at radius 2 is 2.06 bits per heavy atom. The molecule has 2 rings (SSSR count). The maximum Gasteiger partial charge on any atom is 0.201 e. The number of nitrogens with zero attached hydrogens (tertiary/aromatic N) is 1. The van der Waals surface area contributed by atoms with Crippen LogP contribution in [0, 0.1) is 0 Å². The van der Waals surface area contributed by atoms with Gasteiger partial charge in [0.05, 0.1) is 11.0 Å². The number of imidazole rings is 1. The Morgan fingerprint density at radius 1 is 1.35 bits per heavy atom. The van der Waals surface area contributed by atoms with Gasteiger partial charge in [0.2, 0.25) is 5.95 Å². The number of hydrogen-bond acceptors (Lipinski definition) is 3. The zero-order valence-corrected chi connectivity index (χ0v) is 10.6. The largest absolute Gasteiger partial charge is 0.351 e. The zero-order valence-electron chi connectivity index (χ0n) is 10.6. The second-order valence-electron chi connectivity index (χ2n) is 5.25. The van der Waals surface area contributed by atoms with E-state index >= 15 is 0 Å². The van der Waals surface area contributed by atoms with Crippen LogP contribution in [0.3, 0.4) is 0 Å². The molecule has 17 heavy (non-hydrogen) atoms. The molecule has 0 fully saturated rings. The highest BCUT2D eigenvalue weighted by Crippen LogP contribution is 2.18. The number of nitrogens with one attached hydrogen (secondary N) is 2. The SMILES string of the molecule is CC(=O)c1ccc2nc(NC(C)(C)C)[nH]c2c1. The number of fused-ring (bicyclic) bond motifs is 1. The van der Waals surface area contributed by atoms with Crippen molar-refractivity contribution in [2.45, 2.75) is 33.2 Å². The fourth-order valence-corrected chi connectivity index (χ4v) is 1.64. The minimum atomic E-state index is -0.0444. The van der Waals surface area contributed by atoms with E-state index in [-0.39, 0.29) is 11.3 Å². The summed E-state index contributed by atoms with van der Waals surface area (Å²) >= 11 is 0. The highest BCUT2D eigenvalue weighted by Gasteiger charge is 2.12. The summed E-state index contributed by atoms with van der Waals surface area (Å²) in [4.78, 5) is 18.9. The van der Waals surface area contributed by atoms with Gasteiger partial charge in [-0.2, -0.15) is 0 Å². The van der Waals surface area contributed by atoms with E-state index in [9.17, 15) is 4.79 Å². The lowest BCUT2D eigenvalue weighted by Crippen LogP contribution is -2.26. The smallest absolute Gasteiger partial charge is 0.201 e. The van der Waals surface area contributed by atoms with E-state index < -0.39 is 0 Å². The van der Waals surface area contributed by atoms with Crippen LogP contribution >= 0.6 is 0 Å². The first-order chi connectivity index (χ1) is 7.85. The number of benzene rings is 1. The Morgan fingerprint density at radius 3 is 2.65 bits per heavy atom. The van der Waals surface area contributed by atoms with E-state index in [1.165, 1.54) is 0 Å². The molecular formula is C13H17N3O. The molecule has 2 aromatic rings. The molecule has 0 radical (unpaired) electrons. The molecule has 1 heterocycles. The average Bonchev–Trinajstić information content (AvgIpc) is 2.54. The van der Waals surface area contributed by atoms with Crippen LogP contribution in [0.1, 0.15) is 38.1 Å². The monoisotopic (exact) mass is 231 g/mol. The van der Waals surface area contributed by atoms with Crippen LogP contribution in [0.4, 0.5) is 5.95 Å². The zero-order chi connectivity index (χ0) is 12.6. The number of rotatable bonds is 2. The van der Waals surface area contributed by atoms with E-state index in [1.807, 2.05) is 12.1 Å². The second-order valence-corrected chi connectivity index (χ2v) is 5.25. The van der Waals surface area contributed by atoms with Gasteiger partial charge in [0, 0.05) is 11.1 Å². The number of aromatic amines is 1. The van der Waals surface area contributed by atoms with Gasteiger partial charge in [0.1, 0.15) is 0 Å². The fourth-order valence-electron chi connectivity index (χ4n) is 1.64. The summed E-state index contributed by atoms with van der Waals surface area (Å²) in [5.41, 5.74) is 2.40. The molecule has 1 aromatic carbocycles. The molecule has 0 amide bonds. The summed E-state index contributed by atoms with van der Waals surface area (Å²) in [5, 5.41) is 3.27. The number of carbonyl (C=O) groups excluding carboxylic acids is 1. The molecule has 4 heteroatoms. The first-order valence-corrected chi connectivity index (χ1v) is 5.64. The quantitative estimate of drug-likeness (QED) is 0.781. The summed E-state index contributed by atoms with van der Waals surface area (Å²) < 4.78 is 0. The Bertz CT molecular complexity index is 564. The van der Waals surface area contributed by atoms with Gasteiger partial charge in [-0.25, -0.2) is 4.98 Å². The number of hydrogen-bond donors (Lipinski definition) is 2. The first-order valence-electron chi connectivity index (χ1n) is 5.64. The van der Waals surface area contributed by atoms with Crippen LogP contribution in [0.25, 0.3) is 11.0 Å². The molecule has 0 saturated carbocycles. The van der Waals surface area contributed by atoms with Gasteiger partial charge in [-0.3, -0.25) is 4.79 Å². The summed E-state index contributed by atoms with van der Waals surface area (Å²) in [7, 11) is 0. The molecule has 90 valence electrons. The van der Waals surface area contributed by atoms with E-state index in [0.717, 1.165) is 17.0 Å². The van der Waals surface area contributed by atoms with E-state index in [1.54, 1.807) is 13.0 Å². The molecule has 0 aliphatic heterocycles. The van der Waals surface area contributed by atoms with E-state index in [4.69, 9.17) is 0 Å². The third-order valence-corrected chi connectivity index (χ3v) is 2.38. The molecule has 0 bridgehead atoms. The van der Waals surface area contributed by atoms with Crippen molar-refractivity contribution >= 4 is 22.8 Å². The third-order valence-electron chi connectivity index (χ3n) is 2.38. The van der Waals surface area contributed by atoms with E-state index in [2.05, 4.69) is 36.1 Å². The van der Waals surface area contributed by atoms with Crippen LogP contribution in [-0.4, -0.2) is 21.3 Å². The van der Waals surface area contributed by atoms with Gasteiger partial charge >= 0.3 is 0 Å². The maximum absolute atomic E-state index is 11.3. The van der Waals surface area contributed by atoms with Crippen LogP contribution in [-0.2, 0) is 0 Å². The van der Waals surface area contributed by atoms with Crippen molar-refractivity contribution in [3.8, 4) is 0 Å². The third kappa shape index (κ3) is 2.64. The first kappa shape index (κ1) is 11.6. The molecule has 1 aromatic heterocycles. The lowest BCUT2D eigenvalue weighted by molar-refractivity contribution is 0.101. The molecule has 0 saturated heterocycles. The highest BCUT2D eigenvalue weighted by molar-refractivity contribution is 5.97. The number of H-pyrrole nitrogens is 1. The summed E-state index contributed by atoms with van der Waals surface area (Å²) in [6, 6.07) is 5.49. The van der Waals surface area contributed by atoms with Gasteiger partial charge < -0.3 is 10.3 Å². The summed E-state index contributed by atoms with van der Waals surface area (Å²) in [6.07, 6.45) is 0. The van der Waals surface area contributed by atoms with Crippen molar-refractivity contribution in [3.05, 3.63) is 23.8 Å². The average molecular weight is 231 g/mol. The van der Waals surface area contributed by atoms with E-state index in [0.29, 0.717) is 5.56 Å².